The number of likely N-dealkylation sites (tertiary alicyclic amines) is 2. The molecule has 126 valence electrons. The van der Waals surface area contributed by atoms with Crippen molar-refractivity contribution in [2.24, 2.45) is 0 Å². The van der Waals surface area contributed by atoms with Crippen LogP contribution in [0, 0.1) is 0 Å². The van der Waals surface area contributed by atoms with Crippen LogP contribution in [0.5, 0.6) is 0 Å². The Labute approximate surface area is 135 Å². The van der Waals surface area contributed by atoms with Crippen LogP contribution >= 0.6 is 0 Å². The lowest BCUT2D eigenvalue weighted by Crippen LogP contribution is -2.62. The second-order valence-corrected chi connectivity index (χ2v) is 6.27. The predicted molar refractivity (Wildman–Crippen MR) is 82.3 cm³/mol. The lowest BCUT2D eigenvalue weighted by Gasteiger charge is -2.43. The molecule has 3 amide bonds. The van der Waals surface area contributed by atoms with Crippen LogP contribution in [0.1, 0.15) is 19.3 Å². The summed E-state index contributed by atoms with van der Waals surface area (Å²) in [5, 5.41) is 20.8. The minimum atomic E-state index is -1.43. The first-order valence-corrected chi connectivity index (χ1v) is 8.03. The molecule has 0 aromatic carbocycles. The van der Waals surface area contributed by atoms with E-state index < -0.39 is 7.12 Å². The quantitative estimate of drug-likeness (QED) is 0.522. The summed E-state index contributed by atoms with van der Waals surface area (Å²) in [5.74, 6) is 1.30. The Morgan fingerprint density at radius 3 is 2.70 bits per heavy atom. The van der Waals surface area contributed by atoms with Crippen LogP contribution in [0.3, 0.4) is 0 Å². The van der Waals surface area contributed by atoms with E-state index in [0.29, 0.717) is 39.0 Å². The number of morpholine rings is 1. The third kappa shape index (κ3) is 3.85. The third-order valence-electron chi connectivity index (χ3n) is 4.66. The van der Waals surface area contributed by atoms with Gasteiger partial charge in [-0.3, -0.25) is 4.79 Å². The minimum Gasteiger partial charge on any atom is -0.424 e. The lowest BCUT2D eigenvalue weighted by molar-refractivity contribution is -0.139. The molecule has 2 atom stereocenters. The van der Waals surface area contributed by atoms with Crippen molar-refractivity contribution < 1.29 is 24.4 Å². The maximum absolute atomic E-state index is 12.6. The predicted octanol–water partition coefficient (Wildman–Crippen LogP) is -1.27. The highest BCUT2D eigenvalue weighted by Crippen LogP contribution is 2.21. The molecule has 0 radical (unpaired) electrons. The molecule has 0 aromatic rings. The zero-order valence-electron chi connectivity index (χ0n) is 13.0. The fourth-order valence-electron chi connectivity index (χ4n) is 3.44. The van der Waals surface area contributed by atoms with Crippen LogP contribution in [0.4, 0.5) is 4.79 Å². The maximum atomic E-state index is 12.6. The molecule has 0 unspecified atom stereocenters. The number of hydrogen-bond acceptors (Lipinski definition) is 5. The molecule has 3 heterocycles. The smallest absolute Gasteiger partial charge is 0.424 e. The Bertz CT molecular complexity index is 503. The van der Waals surface area contributed by atoms with Crippen molar-refractivity contribution in [3.05, 3.63) is 11.5 Å². The fourth-order valence-corrected chi connectivity index (χ4v) is 3.44. The second kappa shape index (κ2) is 6.90. The van der Waals surface area contributed by atoms with E-state index in [4.69, 9.17) is 14.8 Å². The third-order valence-corrected chi connectivity index (χ3v) is 4.66. The molecule has 0 aliphatic carbocycles. The molecule has 0 spiro atoms. The molecule has 9 heteroatoms. The summed E-state index contributed by atoms with van der Waals surface area (Å²) in [7, 11) is -1.43. The largest absolute Gasteiger partial charge is 0.480 e. The SMILES string of the molecule is O=C1CO[C@H]2CCN(C(=O)N3CCC(=CB(O)O)CC3)C[C@H]2N1. The van der Waals surface area contributed by atoms with Crippen LogP contribution in [0.25, 0.3) is 0 Å². The molecule has 3 aliphatic rings. The van der Waals surface area contributed by atoms with Crippen LogP contribution < -0.4 is 5.32 Å². The molecule has 3 N–H and O–H groups in total. The number of carbonyl (C=O) groups is 2. The molecular formula is C14H22BN3O5. The Morgan fingerprint density at radius 2 is 2.00 bits per heavy atom. The molecule has 0 bridgehead atoms. The van der Waals surface area contributed by atoms with E-state index >= 15 is 0 Å². The molecule has 3 fully saturated rings. The minimum absolute atomic E-state index is 0.00122. The molecule has 0 saturated carbocycles. The highest BCUT2D eigenvalue weighted by molar-refractivity contribution is 6.47. The summed E-state index contributed by atoms with van der Waals surface area (Å²) >= 11 is 0. The lowest BCUT2D eigenvalue weighted by atomic mass is 9.85. The van der Waals surface area contributed by atoms with E-state index in [1.165, 1.54) is 5.98 Å². The van der Waals surface area contributed by atoms with E-state index in [1.54, 1.807) is 9.80 Å². The number of nitrogens with one attached hydrogen (secondary N) is 1. The Hall–Kier alpha value is -1.58. The topological polar surface area (TPSA) is 102 Å². The van der Waals surface area contributed by atoms with Crippen molar-refractivity contribution in [2.75, 3.05) is 32.8 Å². The summed E-state index contributed by atoms with van der Waals surface area (Å²) in [6, 6.07) is -0.148. The summed E-state index contributed by atoms with van der Waals surface area (Å²) in [5.41, 5.74) is 0.968. The number of piperidine rings is 2. The zero-order valence-corrected chi connectivity index (χ0v) is 13.0. The van der Waals surface area contributed by atoms with Crippen molar-refractivity contribution >= 4 is 19.1 Å². The molecule has 8 nitrogen and oxygen atoms in total. The Kier molecular flexibility index (Phi) is 4.89. The first-order chi connectivity index (χ1) is 11.0. The molecule has 3 rings (SSSR count). The van der Waals surface area contributed by atoms with Gasteiger partial charge < -0.3 is 29.9 Å². The standard InChI is InChI=1S/C14H22BN3O5/c19-13-9-23-12-3-6-18(8-11(12)16-13)14(20)17-4-1-10(2-5-17)7-15(21)22/h7,11-12,21-22H,1-6,8-9H2,(H,16,19)/t11-,12+/m1/s1. The van der Waals surface area contributed by atoms with Crippen LogP contribution in [-0.2, 0) is 9.53 Å². The summed E-state index contributed by atoms with van der Waals surface area (Å²) in [6.07, 6.45) is 2.04. The number of rotatable bonds is 1. The van der Waals surface area contributed by atoms with Crippen molar-refractivity contribution in [3.63, 3.8) is 0 Å². The van der Waals surface area contributed by atoms with Crippen molar-refractivity contribution in [2.45, 2.75) is 31.4 Å². The molecule has 3 aliphatic heterocycles. The van der Waals surface area contributed by atoms with Gasteiger partial charge >= 0.3 is 13.1 Å². The van der Waals surface area contributed by atoms with E-state index in [-0.39, 0.29) is 30.7 Å². The van der Waals surface area contributed by atoms with Gasteiger partial charge in [-0.2, -0.15) is 0 Å². The molecular weight excluding hydrogens is 301 g/mol. The first-order valence-electron chi connectivity index (χ1n) is 8.03. The number of nitrogens with zero attached hydrogens (tertiary/aromatic N) is 2. The average molecular weight is 323 g/mol. The molecule has 0 aromatic heterocycles. The van der Waals surface area contributed by atoms with E-state index in [9.17, 15) is 9.59 Å². The Balaban J connectivity index is 1.54. The number of urea groups is 1. The van der Waals surface area contributed by atoms with Gasteiger partial charge in [0.15, 0.2) is 0 Å². The van der Waals surface area contributed by atoms with E-state index in [2.05, 4.69) is 5.32 Å². The zero-order chi connectivity index (χ0) is 16.4. The number of ether oxygens (including phenoxy) is 1. The Morgan fingerprint density at radius 1 is 1.26 bits per heavy atom. The van der Waals surface area contributed by atoms with E-state index in [1.807, 2.05) is 0 Å². The number of hydrogen-bond donors (Lipinski definition) is 3. The average Bonchev–Trinajstić information content (AvgIpc) is 2.53. The normalized spacial score (nSPS) is 28.1. The highest BCUT2D eigenvalue weighted by atomic mass is 16.5. The summed E-state index contributed by atoms with van der Waals surface area (Å²) in [4.78, 5) is 27.6. The van der Waals surface area contributed by atoms with Gasteiger partial charge in [-0.1, -0.05) is 11.5 Å². The number of fused-ring (bicyclic) bond motifs is 1. The van der Waals surface area contributed by atoms with Crippen molar-refractivity contribution in [1.29, 1.82) is 0 Å². The van der Waals surface area contributed by atoms with Gasteiger partial charge in [0, 0.05) is 26.2 Å². The summed E-state index contributed by atoms with van der Waals surface area (Å²) in [6.45, 7) is 2.36. The first kappa shape index (κ1) is 16.3. The highest BCUT2D eigenvalue weighted by Gasteiger charge is 2.37. The monoisotopic (exact) mass is 323 g/mol. The van der Waals surface area contributed by atoms with E-state index in [0.717, 1.165) is 12.0 Å². The van der Waals surface area contributed by atoms with Gasteiger partial charge in [-0.15, -0.1) is 0 Å². The van der Waals surface area contributed by atoms with Crippen molar-refractivity contribution in [1.82, 2.24) is 15.1 Å². The molecule has 3 saturated heterocycles. The second-order valence-electron chi connectivity index (χ2n) is 6.27. The number of amides is 3. The van der Waals surface area contributed by atoms with Gasteiger partial charge in [0.05, 0.1) is 12.1 Å². The fraction of sp³-hybridized carbons (Fsp3) is 0.714. The molecule has 23 heavy (non-hydrogen) atoms. The van der Waals surface area contributed by atoms with Crippen LogP contribution in [0.15, 0.2) is 11.5 Å². The van der Waals surface area contributed by atoms with Crippen LogP contribution in [-0.4, -0.2) is 83.8 Å². The number of carbonyl (C=O) groups excluding carboxylic acids is 2. The van der Waals surface area contributed by atoms with Crippen LogP contribution in [0.2, 0.25) is 0 Å². The summed E-state index contributed by atoms with van der Waals surface area (Å²) < 4.78 is 5.50. The van der Waals surface area contributed by atoms with Gasteiger partial charge in [-0.05, 0) is 19.3 Å². The van der Waals surface area contributed by atoms with Gasteiger partial charge in [0.2, 0.25) is 5.91 Å². The van der Waals surface area contributed by atoms with Gasteiger partial charge in [-0.25, -0.2) is 4.79 Å². The van der Waals surface area contributed by atoms with Crippen molar-refractivity contribution in [3.8, 4) is 0 Å². The van der Waals surface area contributed by atoms with Gasteiger partial charge in [0.25, 0.3) is 0 Å². The maximum Gasteiger partial charge on any atom is 0.480 e. The van der Waals surface area contributed by atoms with Gasteiger partial charge in [0.1, 0.15) is 6.61 Å².